The molecule has 1 aromatic carbocycles. The second kappa shape index (κ2) is 6.46. The maximum Gasteiger partial charge on any atom is 0.198 e. The van der Waals surface area contributed by atoms with Crippen molar-refractivity contribution in [1.29, 1.82) is 0 Å². The summed E-state index contributed by atoms with van der Waals surface area (Å²) in [6.45, 7) is 5.68. The molecule has 122 valence electrons. The van der Waals surface area contributed by atoms with Gasteiger partial charge in [0.05, 0.1) is 12.8 Å². The molecule has 1 unspecified atom stereocenters. The van der Waals surface area contributed by atoms with Crippen LogP contribution >= 0.6 is 0 Å². The van der Waals surface area contributed by atoms with Gasteiger partial charge in [-0.3, -0.25) is 0 Å². The molecular weight excluding hydrogens is 290 g/mol. The van der Waals surface area contributed by atoms with Gasteiger partial charge in [0.15, 0.2) is 5.96 Å². The Labute approximate surface area is 136 Å². The Morgan fingerprint density at radius 2 is 2.17 bits per heavy atom. The summed E-state index contributed by atoms with van der Waals surface area (Å²) >= 11 is 0. The lowest BCUT2D eigenvalue weighted by molar-refractivity contribution is 0.0437. The maximum absolute atomic E-state index is 10.6. The summed E-state index contributed by atoms with van der Waals surface area (Å²) in [5.41, 5.74) is 1.39. The second-order valence-electron chi connectivity index (χ2n) is 5.95. The number of benzene rings is 1. The largest absolute Gasteiger partial charge is 0.466 e. The molecule has 0 spiro atoms. The van der Waals surface area contributed by atoms with Gasteiger partial charge in [-0.15, -0.1) is 0 Å². The van der Waals surface area contributed by atoms with E-state index in [0.717, 1.165) is 25.5 Å². The summed E-state index contributed by atoms with van der Waals surface area (Å²) in [7, 11) is 0. The SMILES string of the molecule is CCNC(=NCC(C)(O)c1ccco1)N1CCc2ccccc21. The van der Waals surface area contributed by atoms with Gasteiger partial charge in [-0.25, -0.2) is 4.99 Å². The van der Waals surface area contributed by atoms with Crippen LogP contribution in [0, 0.1) is 0 Å². The number of aliphatic imine (C=N–C) groups is 1. The molecule has 0 amide bonds. The molecule has 1 aliphatic rings. The first-order valence-corrected chi connectivity index (χ1v) is 8.02. The molecule has 0 fully saturated rings. The Morgan fingerprint density at radius 3 is 2.91 bits per heavy atom. The number of rotatable bonds is 4. The molecule has 2 heterocycles. The van der Waals surface area contributed by atoms with Crippen LogP contribution in [-0.2, 0) is 12.0 Å². The number of aliphatic hydroxyl groups is 1. The Morgan fingerprint density at radius 1 is 1.35 bits per heavy atom. The first-order valence-electron chi connectivity index (χ1n) is 8.02. The minimum atomic E-state index is -1.12. The highest BCUT2D eigenvalue weighted by molar-refractivity contribution is 5.98. The molecule has 0 saturated carbocycles. The number of furan rings is 1. The van der Waals surface area contributed by atoms with Gasteiger partial charge < -0.3 is 19.7 Å². The molecule has 2 N–H and O–H groups in total. The van der Waals surface area contributed by atoms with Crippen molar-refractivity contribution in [3.63, 3.8) is 0 Å². The Bertz CT molecular complexity index is 677. The molecule has 0 bridgehead atoms. The normalized spacial score (nSPS) is 17.0. The first kappa shape index (κ1) is 15.6. The average Bonchev–Trinajstić information content (AvgIpc) is 3.21. The summed E-state index contributed by atoms with van der Waals surface area (Å²) < 4.78 is 5.32. The predicted molar refractivity (Wildman–Crippen MR) is 91.7 cm³/mol. The minimum Gasteiger partial charge on any atom is -0.466 e. The highest BCUT2D eigenvalue weighted by Crippen LogP contribution is 2.28. The van der Waals surface area contributed by atoms with Crippen LogP contribution in [0.1, 0.15) is 25.2 Å². The van der Waals surface area contributed by atoms with Crippen LogP contribution in [0.25, 0.3) is 0 Å². The number of para-hydroxylation sites is 1. The van der Waals surface area contributed by atoms with E-state index in [2.05, 4.69) is 33.4 Å². The third-order valence-corrected chi connectivity index (χ3v) is 4.07. The summed E-state index contributed by atoms with van der Waals surface area (Å²) in [5, 5.41) is 13.9. The number of nitrogens with one attached hydrogen (secondary N) is 1. The van der Waals surface area contributed by atoms with E-state index in [1.54, 1.807) is 25.3 Å². The number of nitrogens with zero attached hydrogens (tertiary/aromatic N) is 2. The van der Waals surface area contributed by atoms with Crippen molar-refractivity contribution in [3.05, 3.63) is 54.0 Å². The van der Waals surface area contributed by atoms with Crippen molar-refractivity contribution in [2.24, 2.45) is 4.99 Å². The molecule has 2 aromatic rings. The minimum absolute atomic E-state index is 0.238. The van der Waals surface area contributed by atoms with Crippen LogP contribution in [0.2, 0.25) is 0 Å². The van der Waals surface area contributed by atoms with E-state index in [0.29, 0.717) is 5.76 Å². The number of anilines is 1. The van der Waals surface area contributed by atoms with E-state index in [-0.39, 0.29) is 6.54 Å². The molecule has 3 rings (SSSR count). The quantitative estimate of drug-likeness (QED) is 0.672. The van der Waals surface area contributed by atoms with Gasteiger partial charge in [-0.05, 0) is 44.0 Å². The predicted octanol–water partition coefficient (Wildman–Crippen LogP) is 2.52. The monoisotopic (exact) mass is 313 g/mol. The van der Waals surface area contributed by atoms with Crippen molar-refractivity contribution in [2.75, 3.05) is 24.5 Å². The Hall–Kier alpha value is -2.27. The van der Waals surface area contributed by atoms with Gasteiger partial charge >= 0.3 is 0 Å². The standard InChI is InChI=1S/C18H23N3O2/c1-3-19-17(20-13-18(2,22)16-9-6-12-23-16)21-11-10-14-7-4-5-8-15(14)21/h4-9,12,22H,3,10-11,13H2,1-2H3,(H,19,20). The first-order chi connectivity index (χ1) is 11.1. The average molecular weight is 313 g/mol. The van der Waals surface area contributed by atoms with Gasteiger partial charge in [0.2, 0.25) is 0 Å². The van der Waals surface area contributed by atoms with Gasteiger partial charge in [-0.1, -0.05) is 18.2 Å². The van der Waals surface area contributed by atoms with Crippen LogP contribution < -0.4 is 10.2 Å². The summed E-state index contributed by atoms with van der Waals surface area (Å²) in [4.78, 5) is 6.82. The topological polar surface area (TPSA) is 61.0 Å². The summed E-state index contributed by atoms with van der Waals surface area (Å²) in [6, 6.07) is 11.9. The van der Waals surface area contributed by atoms with Gasteiger partial charge in [0, 0.05) is 18.8 Å². The number of hydrogen-bond donors (Lipinski definition) is 2. The van der Waals surface area contributed by atoms with Crippen molar-refractivity contribution in [1.82, 2.24) is 5.32 Å². The summed E-state index contributed by atoms with van der Waals surface area (Å²) in [5.74, 6) is 1.32. The zero-order chi connectivity index (χ0) is 16.3. The van der Waals surface area contributed by atoms with E-state index in [4.69, 9.17) is 4.42 Å². The van der Waals surface area contributed by atoms with Crippen molar-refractivity contribution < 1.29 is 9.52 Å². The fraction of sp³-hybridized carbons (Fsp3) is 0.389. The Balaban J connectivity index is 1.82. The van der Waals surface area contributed by atoms with E-state index in [1.807, 2.05) is 13.0 Å². The smallest absolute Gasteiger partial charge is 0.198 e. The lowest BCUT2D eigenvalue weighted by Crippen LogP contribution is -2.41. The van der Waals surface area contributed by atoms with Crippen molar-refractivity contribution in [2.45, 2.75) is 25.9 Å². The zero-order valence-corrected chi connectivity index (χ0v) is 13.6. The lowest BCUT2D eigenvalue weighted by Gasteiger charge is -2.24. The summed E-state index contributed by atoms with van der Waals surface area (Å²) in [6.07, 6.45) is 2.57. The van der Waals surface area contributed by atoms with E-state index >= 15 is 0 Å². The van der Waals surface area contributed by atoms with E-state index in [1.165, 1.54) is 11.3 Å². The number of hydrogen-bond acceptors (Lipinski definition) is 3. The fourth-order valence-corrected chi connectivity index (χ4v) is 2.84. The van der Waals surface area contributed by atoms with Crippen molar-refractivity contribution >= 4 is 11.6 Å². The molecule has 1 aromatic heterocycles. The highest BCUT2D eigenvalue weighted by atomic mass is 16.4. The van der Waals surface area contributed by atoms with Crippen LogP contribution in [0.4, 0.5) is 5.69 Å². The third kappa shape index (κ3) is 3.24. The maximum atomic E-state index is 10.6. The molecule has 0 aliphatic carbocycles. The molecule has 5 nitrogen and oxygen atoms in total. The van der Waals surface area contributed by atoms with Gasteiger partial charge in [-0.2, -0.15) is 0 Å². The third-order valence-electron chi connectivity index (χ3n) is 4.07. The van der Waals surface area contributed by atoms with E-state index < -0.39 is 5.60 Å². The molecule has 1 aliphatic heterocycles. The van der Waals surface area contributed by atoms with Crippen LogP contribution in [0.15, 0.2) is 52.1 Å². The fourth-order valence-electron chi connectivity index (χ4n) is 2.84. The van der Waals surface area contributed by atoms with E-state index in [9.17, 15) is 5.11 Å². The lowest BCUT2D eigenvalue weighted by atomic mass is 10.0. The van der Waals surface area contributed by atoms with Crippen LogP contribution in [-0.4, -0.2) is 30.7 Å². The highest BCUT2D eigenvalue weighted by Gasteiger charge is 2.28. The van der Waals surface area contributed by atoms with Gasteiger partial charge in [0.25, 0.3) is 0 Å². The van der Waals surface area contributed by atoms with Crippen molar-refractivity contribution in [3.8, 4) is 0 Å². The molecule has 1 atom stereocenters. The number of guanidine groups is 1. The van der Waals surface area contributed by atoms with Crippen LogP contribution in [0.5, 0.6) is 0 Å². The number of fused-ring (bicyclic) bond motifs is 1. The second-order valence-corrected chi connectivity index (χ2v) is 5.95. The molecule has 0 saturated heterocycles. The zero-order valence-electron chi connectivity index (χ0n) is 13.6. The van der Waals surface area contributed by atoms with Crippen LogP contribution in [0.3, 0.4) is 0 Å². The van der Waals surface area contributed by atoms with Gasteiger partial charge in [0.1, 0.15) is 11.4 Å². The molecular formula is C18H23N3O2. The molecule has 23 heavy (non-hydrogen) atoms. The Kier molecular flexibility index (Phi) is 4.39. The molecule has 0 radical (unpaired) electrons. The molecule has 5 heteroatoms.